The van der Waals surface area contributed by atoms with Gasteiger partial charge in [0, 0.05) is 11.3 Å². The molecule has 2 aromatic rings. The van der Waals surface area contributed by atoms with Crippen LogP contribution in [0.2, 0.25) is 0 Å². The summed E-state index contributed by atoms with van der Waals surface area (Å²) in [5.41, 5.74) is 6.80. The van der Waals surface area contributed by atoms with E-state index in [9.17, 15) is 9.18 Å². The van der Waals surface area contributed by atoms with Gasteiger partial charge in [0.2, 0.25) is 0 Å². The lowest BCUT2D eigenvalue weighted by molar-refractivity contribution is 0.102. The van der Waals surface area contributed by atoms with E-state index >= 15 is 0 Å². The van der Waals surface area contributed by atoms with Crippen molar-refractivity contribution in [2.45, 2.75) is 0 Å². The molecule has 0 fully saturated rings. The van der Waals surface area contributed by atoms with Gasteiger partial charge in [-0.05, 0) is 36.4 Å². The molecule has 106 valence electrons. The second kappa shape index (κ2) is 5.92. The van der Waals surface area contributed by atoms with Crippen LogP contribution in [0.15, 0.2) is 36.4 Å². The number of nitriles is 1. The molecular weight excluding hydrogens is 273 g/mol. The van der Waals surface area contributed by atoms with Crippen molar-refractivity contribution in [3.05, 3.63) is 53.3 Å². The molecule has 2 aromatic carbocycles. The van der Waals surface area contributed by atoms with Gasteiger partial charge in [0.15, 0.2) is 11.6 Å². The summed E-state index contributed by atoms with van der Waals surface area (Å²) >= 11 is 0. The highest BCUT2D eigenvalue weighted by Crippen LogP contribution is 2.21. The van der Waals surface area contributed by atoms with E-state index in [0.29, 0.717) is 11.4 Å². The number of ether oxygens (including phenoxy) is 1. The van der Waals surface area contributed by atoms with Crippen LogP contribution in [0.25, 0.3) is 0 Å². The molecule has 0 aliphatic heterocycles. The van der Waals surface area contributed by atoms with Crippen LogP contribution < -0.4 is 15.8 Å². The highest BCUT2D eigenvalue weighted by molar-refractivity contribution is 6.05. The molecule has 0 aliphatic rings. The van der Waals surface area contributed by atoms with E-state index in [4.69, 9.17) is 15.7 Å². The normalized spacial score (nSPS) is 9.76. The maximum absolute atomic E-state index is 13.3. The molecule has 0 atom stereocenters. The van der Waals surface area contributed by atoms with Crippen molar-refractivity contribution < 1.29 is 13.9 Å². The quantitative estimate of drug-likeness (QED) is 0.848. The van der Waals surface area contributed by atoms with E-state index in [-0.39, 0.29) is 16.9 Å². The van der Waals surface area contributed by atoms with Gasteiger partial charge in [0.1, 0.15) is 6.07 Å². The first kappa shape index (κ1) is 14.3. The SMILES string of the molecule is COc1cc(C(=O)Nc2ccc(N)cc2C#N)ccc1F. The molecule has 1 amide bonds. The van der Waals surface area contributed by atoms with Gasteiger partial charge in [-0.2, -0.15) is 5.26 Å². The Balaban J connectivity index is 2.28. The fourth-order valence-electron chi connectivity index (χ4n) is 1.76. The topological polar surface area (TPSA) is 88.1 Å². The monoisotopic (exact) mass is 285 g/mol. The van der Waals surface area contributed by atoms with Gasteiger partial charge in [0.25, 0.3) is 5.91 Å². The molecule has 0 radical (unpaired) electrons. The summed E-state index contributed by atoms with van der Waals surface area (Å²) in [7, 11) is 1.31. The zero-order valence-electron chi connectivity index (χ0n) is 11.2. The minimum atomic E-state index is -0.556. The summed E-state index contributed by atoms with van der Waals surface area (Å²) in [6, 6.07) is 10.3. The molecule has 0 unspecified atom stereocenters. The molecule has 0 aromatic heterocycles. The number of nitrogens with zero attached hydrogens (tertiary/aromatic N) is 1. The molecular formula is C15H12FN3O2. The van der Waals surface area contributed by atoms with Gasteiger partial charge in [-0.15, -0.1) is 0 Å². The lowest BCUT2D eigenvalue weighted by Crippen LogP contribution is -2.13. The van der Waals surface area contributed by atoms with Crippen LogP contribution in [-0.4, -0.2) is 13.0 Å². The van der Waals surface area contributed by atoms with E-state index in [2.05, 4.69) is 5.32 Å². The molecule has 0 heterocycles. The molecule has 6 heteroatoms. The summed E-state index contributed by atoms with van der Waals surface area (Å²) < 4.78 is 18.1. The van der Waals surface area contributed by atoms with Crippen LogP contribution in [0.1, 0.15) is 15.9 Å². The average molecular weight is 285 g/mol. The van der Waals surface area contributed by atoms with Crippen LogP contribution in [-0.2, 0) is 0 Å². The van der Waals surface area contributed by atoms with Crippen LogP contribution >= 0.6 is 0 Å². The number of nitrogens with two attached hydrogens (primary N) is 1. The lowest BCUT2D eigenvalue weighted by atomic mass is 10.1. The third kappa shape index (κ3) is 3.09. The van der Waals surface area contributed by atoms with E-state index in [0.717, 1.165) is 6.07 Å². The first-order valence-corrected chi connectivity index (χ1v) is 5.99. The van der Waals surface area contributed by atoms with Crippen molar-refractivity contribution in [1.29, 1.82) is 5.26 Å². The second-order valence-corrected chi connectivity index (χ2v) is 4.22. The highest BCUT2D eigenvalue weighted by Gasteiger charge is 2.12. The Morgan fingerprint density at radius 1 is 1.33 bits per heavy atom. The van der Waals surface area contributed by atoms with Crippen LogP contribution in [0.3, 0.4) is 0 Å². The fraction of sp³-hybridized carbons (Fsp3) is 0.0667. The number of hydrogen-bond acceptors (Lipinski definition) is 4. The first-order chi connectivity index (χ1) is 10.0. The summed E-state index contributed by atoms with van der Waals surface area (Å²) in [6.45, 7) is 0. The summed E-state index contributed by atoms with van der Waals surface area (Å²) in [6.07, 6.45) is 0. The predicted octanol–water partition coefficient (Wildman–Crippen LogP) is 2.54. The average Bonchev–Trinajstić information content (AvgIpc) is 2.49. The zero-order valence-corrected chi connectivity index (χ0v) is 11.2. The molecule has 2 rings (SSSR count). The number of amides is 1. The second-order valence-electron chi connectivity index (χ2n) is 4.22. The Kier molecular flexibility index (Phi) is 4.05. The van der Waals surface area contributed by atoms with Gasteiger partial charge in [-0.3, -0.25) is 4.79 Å². The first-order valence-electron chi connectivity index (χ1n) is 5.99. The summed E-state index contributed by atoms with van der Waals surface area (Å²) in [5.74, 6) is -1.06. The number of hydrogen-bond donors (Lipinski definition) is 2. The standard InChI is InChI=1S/C15H12FN3O2/c1-21-14-7-9(2-4-12(14)16)15(20)19-13-5-3-11(18)6-10(13)8-17/h2-7H,18H2,1H3,(H,19,20). The van der Waals surface area contributed by atoms with Crippen molar-refractivity contribution in [3.8, 4) is 11.8 Å². The van der Waals surface area contributed by atoms with Crippen molar-refractivity contribution in [3.63, 3.8) is 0 Å². The van der Waals surface area contributed by atoms with Gasteiger partial charge < -0.3 is 15.8 Å². The Bertz CT molecular complexity index is 738. The molecule has 0 aliphatic carbocycles. The van der Waals surface area contributed by atoms with Crippen molar-refractivity contribution in [2.75, 3.05) is 18.2 Å². The van der Waals surface area contributed by atoms with Gasteiger partial charge in [-0.25, -0.2) is 4.39 Å². The van der Waals surface area contributed by atoms with Crippen LogP contribution in [0, 0.1) is 17.1 Å². The van der Waals surface area contributed by atoms with E-state index in [1.54, 1.807) is 6.07 Å². The Morgan fingerprint density at radius 3 is 2.76 bits per heavy atom. The molecule has 5 nitrogen and oxygen atoms in total. The van der Waals surface area contributed by atoms with Crippen molar-refractivity contribution in [1.82, 2.24) is 0 Å². The number of halogens is 1. The third-order valence-corrected chi connectivity index (χ3v) is 2.83. The Hall–Kier alpha value is -3.07. The minimum absolute atomic E-state index is 0.0273. The lowest BCUT2D eigenvalue weighted by Gasteiger charge is -2.09. The Morgan fingerprint density at radius 2 is 2.10 bits per heavy atom. The number of rotatable bonds is 3. The number of anilines is 2. The molecule has 3 N–H and O–H groups in total. The van der Waals surface area contributed by atoms with Crippen molar-refractivity contribution in [2.24, 2.45) is 0 Å². The molecule has 0 bridgehead atoms. The largest absolute Gasteiger partial charge is 0.494 e. The predicted molar refractivity (Wildman–Crippen MR) is 76.5 cm³/mol. The number of carbonyl (C=O) groups is 1. The maximum atomic E-state index is 13.3. The van der Waals surface area contributed by atoms with E-state index in [1.165, 1.54) is 31.4 Å². The van der Waals surface area contributed by atoms with Gasteiger partial charge in [-0.1, -0.05) is 0 Å². The fourth-order valence-corrected chi connectivity index (χ4v) is 1.76. The van der Waals surface area contributed by atoms with Gasteiger partial charge >= 0.3 is 0 Å². The number of carbonyl (C=O) groups excluding carboxylic acids is 1. The minimum Gasteiger partial charge on any atom is -0.494 e. The highest BCUT2D eigenvalue weighted by atomic mass is 19.1. The van der Waals surface area contributed by atoms with Crippen LogP contribution in [0.5, 0.6) is 5.75 Å². The van der Waals surface area contributed by atoms with E-state index in [1.807, 2.05) is 6.07 Å². The molecule has 0 spiro atoms. The number of nitrogens with one attached hydrogen (secondary N) is 1. The number of nitrogen functional groups attached to an aromatic ring is 1. The Labute approximate surface area is 120 Å². The van der Waals surface area contributed by atoms with Gasteiger partial charge in [0.05, 0.1) is 18.4 Å². The molecule has 0 saturated heterocycles. The van der Waals surface area contributed by atoms with Crippen molar-refractivity contribution >= 4 is 17.3 Å². The maximum Gasteiger partial charge on any atom is 0.255 e. The smallest absolute Gasteiger partial charge is 0.255 e. The zero-order chi connectivity index (χ0) is 15.4. The van der Waals surface area contributed by atoms with Crippen LogP contribution in [0.4, 0.5) is 15.8 Å². The summed E-state index contributed by atoms with van der Waals surface area (Å²) in [5, 5.41) is 11.6. The number of methoxy groups -OCH3 is 1. The summed E-state index contributed by atoms with van der Waals surface area (Å²) in [4.78, 5) is 12.1. The third-order valence-electron chi connectivity index (χ3n) is 2.83. The molecule has 0 saturated carbocycles. The molecule has 21 heavy (non-hydrogen) atoms. The van der Waals surface area contributed by atoms with E-state index < -0.39 is 11.7 Å². The number of benzene rings is 2.